The van der Waals surface area contributed by atoms with E-state index in [4.69, 9.17) is 4.42 Å². The van der Waals surface area contributed by atoms with E-state index >= 15 is 0 Å². The summed E-state index contributed by atoms with van der Waals surface area (Å²) in [7, 11) is 0. The molecule has 2 aromatic carbocycles. The smallest absolute Gasteiger partial charge is 0.291 e. The second-order valence-electron chi connectivity index (χ2n) is 10.0. The average Bonchev–Trinajstić information content (AvgIpc) is 3.16. The molecular weight excluding hydrogens is 386 g/mol. The summed E-state index contributed by atoms with van der Waals surface area (Å²) in [5, 5.41) is 12.3. The molecule has 0 bridgehead atoms. The second-order valence-corrected chi connectivity index (χ2v) is 10.0. The molecule has 0 saturated carbocycles. The Bertz CT molecular complexity index is 1140. The molecule has 4 nitrogen and oxygen atoms in total. The van der Waals surface area contributed by atoms with Crippen molar-refractivity contribution >= 4 is 11.6 Å². The van der Waals surface area contributed by atoms with Crippen molar-refractivity contribution in [3.05, 3.63) is 82.3 Å². The van der Waals surface area contributed by atoms with Crippen molar-refractivity contribution in [2.24, 2.45) is 0 Å². The SMILES string of the molecule is Cc1cc2c(cc1Cc1ccc(C(=O)Nc3cccc(O)c3)o1)C(C)(C)CCC2(C)C. The molecule has 1 aliphatic rings. The number of aryl methyl sites for hydroxylation is 1. The molecule has 1 aliphatic carbocycles. The number of hydrogen-bond acceptors (Lipinski definition) is 3. The number of anilines is 1. The number of carbonyl (C=O) groups excluding carboxylic acids is 1. The van der Waals surface area contributed by atoms with E-state index < -0.39 is 0 Å². The number of carbonyl (C=O) groups is 1. The lowest BCUT2D eigenvalue weighted by Crippen LogP contribution is -2.34. The van der Waals surface area contributed by atoms with Gasteiger partial charge in [0, 0.05) is 18.2 Å². The summed E-state index contributed by atoms with van der Waals surface area (Å²) in [6.45, 7) is 11.5. The third kappa shape index (κ3) is 4.25. The maximum atomic E-state index is 12.5. The van der Waals surface area contributed by atoms with E-state index in [1.807, 2.05) is 6.07 Å². The Balaban J connectivity index is 1.57. The number of phenolic OH excluding ortho intramolecular Hbond substituents is 1. The topological polar surface area (TPSA) is 62.5 Å². The Morgan fingerprint density at radius 3 is 2.35 bits per heavy atom. The molecule has 0 aliphatic heterocycles. The highest BCUT2D eigenvalue weighted by molar-refractivity contribution is 6.02. The van der Waals surface area contributed by atoms with Gasteiger partial charge in [0.1, 0.15) is 11.5 Å². The van der Waals surface area contributed by atoms with Gasteiger partial charge in [0.05, 0.1) is 0 Å². The van der Waals surface area contributed by atoms with Gasteiger partial charge >= 0.3 is 0 Å². The molecule has 3 aromatic rings. The van der Waals surface area contributed by atoms with Gasteiger partial charge in [0.15, 0.2) is 5.76 Å². The van der Waals surface area contributed by atoms with Crippen LogP contribution in [-0.2, 0) is 17.3 Å². The number of amides is 1. The predicted molar refractivity (Wildman–Crippen MR) is 124 cm³/mol. The van der Waals surface area contributed by atoms with Gasteiger partial charge in [-0.3, -0.25) is 4.79 Å². The number of aromatic hydroxyl groups is 1. The van der Waals surface area contributed by atoms with Crippen LogP contribution in [0.2, 0.25) is 0 Å². The Hall–Kier alpha value is -3.01. The zero-order chi connectivity index (χ0) is 22.4. The van der Waals surface area contributed by atoms with Crippen LogP contribution in [-0.4, -0.2) is 11.0 Å². The number of fused-ring (bicyclic) bond motifs is 1. The van der Waals surface area contributed by atoms with Gasteiger partial charge in [0.2, 0.25) is 0 Å². The van der Waals surface area contributed by atoms with Crippen molar-refractivity contribution in [2.45, 2.75) is 64.7 Å². The van der Waals surface area contributed by atoms with Crippen LogP contribution in [0.25, 0.3) is 0 Å². The quantitative estimate of drug-likeness (QED) is 0.510. The lowest BCUT2D eigenvalue weighted by molar-refractivity contribution is 0.0995. The summed E-state index contributed by atoms with van der Waals surface area (Å²) in [6.07, 6.45) is 3.02. The molecule has 4 rings (SSSR count). The largest absolute Gasteiger partial charge is 0.508 e. The van der Waals surface area contributed by atoms with Gasteiger partial charge in [-0.05, 0) is 77.1 Å². The standard InChI is InChI=1S/C27H31NO3/c1-17-13-22-23(27(4,5)12-11-26(22,2)3)15-18(17)14-21-9-10-24(31-21)25(30)28-19-7-6-8-20(29)16-19/h6-10,13,15-16,29H,11-12,14H2,1-5H3,(H,28,30). The van der Waals surface area contributed by atoms with Gasteiger partial charge in [0.25, 0.3) is 5.91 Å². The summed E-state index contributed by atoms with van der Waals surface area (Å²) in [5.74, 6) is 0.793. The minimum absolute atomic E-state index is 0.104. The van der Waals surface area contributed by atoms with Crippen molar-refractivity contribution in [1.82, 2.24) is 0 Å². The average molecular weight is 418 g/mol. The Morgan fingerprint density at radius 2 is 1.68 bits per heavy atom. The minimum atomic E-state index is -0.332. The summed E-state index contributed by atoms with van der Waals surface area (Å²) in [6, 6.07) is 14.7. The van der Waals surface area contributed by atoms with Crippen molar-refractivity contribution in [3.8, 4) is 5.75 Å². The molecule has 4 heteroatoms. The molecule has 2 N–H and O–H groups in total. The Morgan fingerprint density at radius 1 is 1.00 bits per heavy atom. The molecule has 0 atom stereocenters. The van der Waals surface area contributed by atoms with E-state index in [0.717, 1.165) is 5.76 Å². The monoisotopic (exact) mass is 417 g/mol. The molecule has 0 fully saturated rings. The fraction of sp³-hybridized carbons (Fsp3) is 0.370. The van der Waals surface area contributed by atoms with Gasteiger partial charge in [-0.25, -0.2) is 0 Å². The normalized spacial score (nSPS) is 16.5. The molecule has 1 heterocycles. The molecule has 31 heavy (non-hydrogen) atoms. The van der Waals surface area contributed by atoms with Crippen LogP contribution in [0.15, 0.2) is 52.9 Å². The number of furan rings is 1. The molecule has 0 unspecified atom stereocenters. The molecule has 1 amide bonds. The van der Waals surface area contributed by atoms with E-state index in [1.165, 1.54) is 41.2 Å². The second kappa shape index (κ2) is 7.60. The zero-order valence-corrected chi connectivity index (χ0v) is 19.0. The molecule has 162 valence electrons. The molecule has 0 spiro atoms. The van der Waals surface area contributed by atoms with E-state index in [2.05, 4.69) is 52.1 Å². The lowest BCUT2D eigenvalue weighted by Gasteiger charge is -2.42. The van der Waals surface area contributed by atoms with Crippen molar-refractivity contribution in [3.63, 3.8) is 0 Å². The zero-order valence-electron chi connectivity index (χ0n) is 19.0. The number of benzene rings is 2. The number of phenols is 1. The Kier molecular flexibility index (Phi) is 5.20. The first-order chi connectivity index (χ1) is 14.5. The van der Waals surface area contributed by atoms with E-state index in [-0.39, 0.29) is 28.2 Å². The van der Waals surface area contributed by atoms with E-state index in [0.29, 0.717) is 12.1 Å². The Labute approximate surface area is 184 Å². The number of rotatable bonds is 4. The molecule has 0 saturated heterocycles. The summed E-state index contributed by atoms with van der Waals surface area (Å²) >= 11 is 0. The van der Waals surface area contributed by atoms with Crippen LogP contribution >= 0.6 is 0 Å². The van der Waals surface area contributed by atoms with Gasteiger partial charge < -0.3 is 14.8 Å². The van der Waals surface area contributed by atoms with Crippen LogP contribution in [0.3, 0.4) is 0 Å². The van der Waals surface area contributed by atoms with Crippen LogP contribution in [0, 0.1) is 6.92 Å². The molecule has 1 aromatic heterocycles. The third-order valence-corrected chi connectivity index (χ3v) is 6.66. The summed E-state index contributed by atoms with van der Waals surface area (Å²) < 4.78 is 5.87. The van der Waals surface area contributed by atoms with Crippen molar-refractivity contribution < 1.29 is 14.3 Å². The predicted octanol–water partition coefficient (Wildman–Crippen LogP) is 6.49. The highest BCUT2D eigenvalue weighted by Gasteiger charge is 2.37. The van der Waals surface area contributed by atoms with Crippen LogP contribution in [0.4, 0.5) is 5.69 Å². The maximum absolute atomic E-state index is 12.5. The molecule has 0 radical (unpaired) electrons. The van der Waals surface area contributed by atoms with E-state index in [9.17, 15) is 9.90 Å². The van der Waals surface area contributed by atoms with Crippen molar-refractivity contribution in [1.29, 1.82) is 0 Å². The fourth-order valence-electron chi connectivity index (χ4n) is 4.52. The minimum Gasteiger partial charge on any atom is -0.508 e. The highest BCUT2D eigenvalue weighted by atomic mass is 16.3. The molecular formula is C27H31NO3. The third-order valence-electron chi connectivity index (χ3n) is 6.66. The first kappa shape index (κ1) is 21.2. The number of nitrogens with one attached hydrogen (secondary N) is 1. The van der Waals surface area contributed by atoms with Crippen LogP contribution in [0.1, 0.15) is 79.1 Å². The highest BCUT2D eigenvalue weighted by Crippen LogP contribution is 2.46. The van der Waals surface area contributed by atoms with Gasteiger partial charge in [-0.2, -0.15) is 0 Å². The van der Waals surface area contributed by atoms with Gasteiger partial charge in [-0.15, -0.1) is 0 Å². The van der Waals surface area contributed by atoms with Gasteiger partial charge in [-0.1, -0.05) is 45.9 Å². The summed E-state index contributed by atoms with van der Waals surface area (Å²) in [5.41, 5.74) is 6.25. The van der Waals surface area contributed by atoms with E-state index in [1.54, 1.807) is 24.3 Å². The summed E-state index contributed by atoms with van der Waals surface area (Å²) in [4.78, 5) is 12.5. The van der Waals surface area contributed by atoms with Crippen LogP contribution < -0.4 is 5.32 Å². The maximum Gasteiger partial charge on any atom is 0.291 e. The first-order valence-corrected chi connectivity index (χ1v) is 10.9. The lowest BCUT2D eigenvalue weighted by atomic mass is 9.62. The first-order valence-electron chi connectivity index (χ1n) is 10.9. The van der Waals surface area contributed by atoms with Crippen molar-refractivity contribution in [2.75, 3.05) is 5.32 Å². The fourth-order valence-corrected chi connectivity index (χ4v) is 4.52. The number of hydrogen-bond donors (Lipinski definition) is 2. The van der Waals surface area contributed by atoms with Crippen LogP contribution in [0.5, 0.6) is 5.75 Å².